The minimum Gasteiger partial charge on any atom is -0.381 e. The van der Waals surface area contributed by atoms with Crippen molar-refractivity contribution in [2.45, 2.75) is 36.5 Å². The lowest BCUT2D eigenvalue weighted by atomic mass is 10.2. The molecule has 0 aliphatic carbocycles. The molecule has 0 aromatic carbocycles. The van der Waals surface area contributed by atoms with E-state index in [-0.39, 0.29) is 0 Å². The predicted molar refractivity (Wildman–Crippen MR) is 76.5 cm³/mol. The van der Waals surface area contributed by atoms with E-state index in [0.29, 0.717) is 5.25 Å². The number of fused-ring (bicyclic) bond motifs is 1. The Hall–Kier alpha value is -0.650. The molecule has 1 aliphatic rings. The van der Waals surface area contributed by atoms with Crippen molar-refractivity contribution in [1.29, 1.82) is 0 Å². The zero-order valence-corrected chi connectivity index (χ0v) is 12.0. The summed E-state index contributed by atoms with van der Waals surface area (Å²) >= 11 is 3.61. The van der Waals surface area contributed by atoms with Gasteiger partial charge in [0.1, 0.15) is 15.7 Å². The van der Waals surface area contributed by atoms with Crippen LogP contribution in [0.25, 0.3) is 10.2 Å². The maximum atomic E-state index is 5.41. The molecule has 0 atom stereocenters. The first-order valence-electron chi connectivity index (χ1n) is 6.35. The van der Waals surface area contributed by atoms with Crippen LogP contribution in [-0.2, 0) is 11.2 Å². The Labute approximate surface area is 115 Å². The van der Waals surface area contributed by atoms with Crippen LogP contribution in [0.2, 0.25) is 0 Å². The number of rotatable bonds is 3. The van der Waals surface area contributed by atoms with Crippen LogP contribution < -0.4 is 0 Å². The van der Waals surface area contributed by atoms with E-state index >= 15 is 0 Å². The second-order valence-electron chi connectivity index (χ2n) is 4.37. The smallest absolute Gasteiger partial charge is 0.131 e. The summed E-state index contributed by atoms with van der Waals surface area (Å²) in [5.41, 5.74) is 0. The van der Waals surface area contributed by atoms with Crippen LogP contribution in [0.3, 0.4) is 0 Å². The highest BCUT2D eigenvalue weighted by atomic mass is 32.2. The van der Waals surface area contributed by atoms with Gasteiger partial charge in [-0.25, -0.2) is 9.97 Å². The van der Waals surface area contributed by atoms with Gasteiger partial charge in [-0.3, -0.25) is 0 Å². The molecule has 2 aromatic rings. The molecule has 3 heterocycles. The van der Waals surface area contributed by atoms with Gasteiger partial charge in [-0.2, -0.15) is 0 Å². The molecule has 1 aliphatic heterocycles. The third-order valence-corrected chi connectivity index (χ3v) is 5.25. The molecule has 0 saturated carbocycles. The molecule has 0 unspecified atom stereocenters. The summed E-state index contributed by atoms with van der Waals surface area (Å²) < 4.78 is 5.41. The molecule has 0 bridgehead atoms. The van der Waals surface area contributed by atoms with E-state index in [1.165, 1.54) is 5.39 Å². The molecule has 18 heavy (non-hydrogen) atoms. The van der Waals surface area contributed by atoms with Crippen LogP contribution in [-0.4, -0.2) is 28.4 Å². The van der Waals surface area contributed by atoms with Crippen molar-refractivity contribution in [1.82, 2.24) is 9.97 Å². The second kappa shape index (κ2) is 5.55. The number of thiophene rings is 1. The van der Waals surface area contributed by atoms with Gasteiger partial charge < -0.3 is 4.74 Å². The third kappa shape index (κ3) is 2.53. The summed E-state index contributed by atoms with van der Waals surface area (Å²) in [5.74, 6) is 0.958. The number of ether oxygens (including phenoxy) is 1. The second-order valence-corrected chi connectivity index (χ2v) is 6.55. The van der Waals surface area contributed by atoms with E-state index in [1.807, 2.05) is 11.8 Å². The van der Waals surface area contributed by atoms with Gasteiger partial charge in [0.2, 0.25) is 0 Å². The Morgan fingerprint density at radius 2 is 2.22 bits per heavy atom. The zero-order chi connectivity index (χ0) is 12.4. The highest BCUT2D eigenvalue weighted by Crippen LogP contribution is 2.34. The maximum absolute atomic E-state index is 5.41. The van der Waals surface area contributed by atoms with Crippen LogP contribution in [0.15, 0.2) is 16.5 Å². The van der Waals surface area contributed by atoms with Crippen LogP contribution in [0.5, 0.6) is 0 Å². The lowest BCUT2D eigenvalue weighted by Gasteiger charge is -2.21. The number of nitrogens with zero attached hydrogens (tertiary/aromatic N) is 2. The van der Waals surface area contributed by atoms with Crippen molar-refractivity contribution in [2.75, 3.05) is 13.2 Å². The number of thioether (sulfide) groups is 1. The highest BCUT2D eigenvalue weighted by molar-refractivity contribution is 8.00. The number of hydrogen-bond donors (Lipinski definition) is 0. The van der Waals surface area contributed by atoms with Crippen LogP contribution in [0.1, 0.15) is 25.6 Å². The van der Waals surface area contributed by atoms with E-state index < -0.39 is 0 Å². The SMILES string of the molecule is CCc1nc(SC2CCOCC2)c2ccsc2n1. The summed E-state index contributed by atoms with van der Waals surface area (Å²) in [7, 11) is 0. The quantitative estimate of drug-likeness (QED) is 0.806. The summed E-state index contributed by atoms with van der Waals surface area (Å²) in [5, 5.41) is 5.12. The van der Waals surface area contributed by atoms with Crippen LogP contribution in [0, 0.1) is 0 Å². The fraction of sp³-hybridized carbons (Fsp3) is 0.538. The van der Waals surface area contributed by atoms with E-state index in [2.05, 4.69) is 23.4 Å². The van der Waals surface area contributed by atoms with E-state index in [1.54, 1.807) is 11.3 Å². The Morgan fingerprint density at radius 3 is 3.00 bits per heavy atom. The predicted octanol–water partition coefficient (Wildman–Crippen LogP) is 3.52. The Kier molecular flexibility index (Phi) is 3.82. The lowest BCUT2D eigenvalue weighted by Crippen LogP contribution is -2.17. The topological polar surface area (TPSA) is 35.0 Å². The Morgan fingerprint density at radius 1 is 1.39 bits per heavy atom. The van der Waals surface area contributed by atoms with Crippen molar-refractivity contribution < 1.29 is 4.74 Å². The van der Waals surface area contributed by atoms with Crippen molar-refractivity contribution in [3.05, 3.63) is 17.3 Å². The van der Waals surface area contributed by atoms with Crippen molar-refractivity contribution in [3.63, 3.8) is 0 Å². The molecule has 1 fully saturated rings. The van der Waals surface area contributed by atoms with Gasteiger partial charge in [0.25, 0.3) is 0 Å². The molecule has 1 saturated heterocycles. The molecule has 5 heteroatoms. The fourth-order valence-electron chi connectivity index (χ4n) is 2.07. The molecular formula is C13H16N2OS2. The van der Waals surface area contributed by atoms with Gasteiger partial charge in [0.05, 0.1) is 0 Å². The number of aromatic nitrogens is 2. The molecule has 0 N–H and O–H groups in total. The first-order chi connectivity index (χ1) is 8.86. The summed E-state index contributed by atoms with van der Waals surface area (Å²) in [6.07, 6.45) is 3.15. The molecule has 0 amide bonds. The lowest BCUT2D eigenvalue weighted by molar-refractivity contribution is 0.1000. The third-order valence-electron chi connectivity index (χ3n) is 3.10. The Balaban J connectivity index is 1.91. The normalized spacial score (nSPS) is 17.4. The highest BCUT2D eigenvalue weighted by Gasteiger charge is 2.18. The van der Waals surface area contributed by atoms with Crippen LogP contribution in [0.4, 0.5) is 0 Å². The maximum Gasteiger partial charge on any atom is 0.131 e. The molecule has 3 nitrogen and oxygen atoms in total. The molecule has 0 radical (unpaired) electrons. The number of hydrogen-bond acceptors (Lipinski definition) is 5. The first kappa shape index (κ1) is 12.4. The summed E-state index contributed by atoms with van der Waals surface area (Å²) in [6, 6.07) is 2.14. The van der Waals surface area contributed by atoms with Gasteiger partial charge in [-0.15, -0.1) is 23.1 Å². The zero-order valence-electron chi connectivity index (χ0n) is 10.4. The average Bonchev–Trinajstić information content (AvgIpc) is 2.88. The minimum atomic E-state index is 0.640. The van der Waals surface area contributed by atoms with Gasteiger partial charge >= 0.3 is 0 Å². The molecule has 2 aromatic heterocycles. The molecule has 3 rings (SSSR count). The van der Waals surface area contributed by atoms with Crippen LogP contribution >= 0.6 is 23.1 Å². The van der Waals surface area contributed by atoms with Gasteiger partial charge in [-0.1, -0.05) is 6.92 Å². The first-order valence-corrected chi connectivity index (χ1v) is 8.11. The van der Waals surface area contributed by atoms with E-state index in [4.69, 9.17) is 9.72 Å². The summed E-state index contributed by atoms with van der Waals surface area (Å²) in [4.78, 5) is 10.4. The average molecular weight is 280 g/mol. The molecule has 96 valence electrons. The van der Waals surface area contributed by atoms with Crippen molar-refractivity contribution in [3.8, 4) is 0 Å². The van der Waals surface area contributed by atoms with E-state index in [9.17, 15) is 0 Å². The standard InChI is InChI=1S/C13H16N2OS2/c1-2-11-14-12-10(5-8-17-12)13(15-11)18-9-3-6-16-7-4-9/h5,8-9H,2-4,6-7H2,1H3. The minimum absolute atomic E-state index is 0.640. The van der Waals surface area contributed by atoms with Gasteiger partial charge in [0.15, 0.2) is 0 Å². The van der Waals surface area contributed by atoms with E-state index in [0.717, 1.165) is 48.2 Å². The Bertz CT molecular complexity index is 535. The summed E-state index contributed by atoms with van der Waals surface area (Å²) in [6.45, 7) is 3.88. The van der Waals surface area contributed by atoms with Gasteiger partial charge in [-0.05, 0) is 24.3 Å². The fourth-order valence-corrected chi connectivity index (χ4v) is 4.11. The van der Waals surface area contributed by atoms with Gasteiger partial charge in [0, 0.05) is 30.3 Å². The molecular weight excluding hydrogens is 264 g/mol. The number of aryl methyl sites for hydroxylation is 1. The largest absolute Gasteiger partial charge is 0.381 e. The van der Waals surface area contributed by atoms with Crippen molar-refractivity contribution >= 4 is 33.3 Å². The monoisotopic (exact) mass is 280 g/mol. The molecule has 0 spiro atoms. The van der Waals surface area contributed by atoms with Crippen molar-refractivity contribution in [2.24, 2.45) is 0 Å².